The fourth-order valence-electron chi connectivity index (χ4n) is 2.51. The zero-order chi connectivity index (χ0) is 15.8. The molecule has 0 radical (unpaired) electrons. The van der Waals surface area contributed by atoms with Gasteiger partial charge in [0.15, 0.2) is 5.96 Å². The van der Waals surface area contributed by atoms with Crippen LogP contribution < -0.4 is 10.6 Å². The number of rotatable bonds is 6. The molecular weight excluding hydrogens is 294 g/mol. The van der Waals surface area contributed by atoms with E-state index in [2.05, 4.69) is 47.7 Å². The Labute approximate surface area is 137 Å². The number of hydrogen-bond donors (Lipinski definition) is 2. The molecular formula is C17H27N3OS. The summed E-state index contributed by atoms with van der Waals surface area (Å²) < 4.78 is 5.33. The lowest BCUT2D eigenvalue weighted by Crippen LogP contribution is -2.43. The van der Waals surface area contributed by atoms with Gasteiger partial charge in [-0.15, -0.1) is 11.3 Å². The first-order valence-electron chi connectivity index (χ1n) is 7.95. The van der Waals surface area contributed by atoms with Crippen molar-refractivity contribution in [3.8, 4) is 0 Å². The number of aryl methyl sites for hydroxylation is 1. The van der Waals surface area contributed by atoms with Crippen molar-refractivity contribution in [2.24, 2.45) is 4.99 Å². The van der Waals surface area contributed by atoms with Crippen molar-refractivity contribution in [1.29, 1.82) is 0 Å². The lowest BCUT2D eigenvalue weighted by Gasteiger charge is -2.18. The molecule has 1 unspecified atom stereocenters. The Bertz CT molecular complexity index is 522. The third kappa shape index (κ3) is 5.81. The lowest BCUT2D eigenvalue weighted by molar-refractivity contribution is 0.153. The maximum absolute atomic E-state index is 5.33. The first-order chi connectivity index (χ1) is 10.7. The molecule has 0 spiro atoms. The van der Waals surface area contributed by atoms with Gasteiger partial charge in [0.1, 0.15) is 0 Å². The number of thiophene rings is 1. The van der Waals surface area contributed by atoms with Crippen LogP contribution >= 0.6 is 11.3 Å². The quantitative estimate of drug-likeness (QED) is 0.481. The minimum absolute atomic E-state index is 0.367. The Balaban J connectivity index is 1.71. The summed E-state index contributed by atoms with van der Waals surface area (Å²) in [6.07, 6.45) is 5.34. The highest BCUT2D eigenvalue weighted by Crippen LogP contribution is 2.16. The molecule has 1 aliphatic rings. The molecule has 0 aromatic carbocycles. The van der Waals surface area contributed by atoms with Gasteiger partial charge in [-0.05, 0) is 38.8 Å². The summed E-state index contributed by atoms with van der Waals surface area (Å²) in [5, 5.41) is 6.86. The molecule has 0 amide bonds. The van der Waals surface area contributed by atoms with Gasteiger partial charge in [-0.1, -0.05) is 11.6 Å². The van der Waals surface area contributed by atoms with Crippen molar-refractivity contribution >= 4 is 17.3 Å². The third-order valence-corrected chi connectivity index (χ3v) is 4.73. The van der Waals surface area contributed by atoms with E-state index in [1.54, 1.807) is 0 Å². The Morgan fingerprint density at radius 2 is 2.32 bits per heavy atom. The van der Waals surface area contributed by atoms with Crippen LogP contribution in [0.3, 0.4) is 0 Å². The van der Waals surface area contributed by atoms with Crippen LogP contribution in [-0.4, -0.2) is 38.8 Å². The van der Waals surface area contributed by atoms with Crippen molar-refractivity contribution in [3.05, 3.63) is 33.5 Å². The molecule has 0 fully saturated rings. The maximum atomic E-state index is 5.33. The van der Waals surface area contributed by atoms with Gasteiger partial charge in [-0.2, -0.15) is 0 Å². The molecule has 1 aromatic rings. The van der Waals surface area contributed by atoms with Crippen molar-refractivity contribution in [2.45, 2.75) is 39.2 Å². The smallest absolute Gasteiger partial charge is 0.191 e. The first kappa shape index (κ1) is 17.0. The minimum atomic E-state index is 0.367. The van der Waals surface area contributed by atoms with Crippen LogP contribution in [0.1, 0.15) is 29.5 Å². The van der Waals surface area contributed by atoms with Gasteiger partial charge < -0.3 is 15.4 Å². The fraction of sp³-hybridized carbons (Fsp3) is 0.588. The van der Waals surface area contributed by atoms with Gasteiger partial charge in [0.25, 0.3) is 0 Å². The number of aliphatic imine (C=N–C) groups is 1. The molecule has 2 N–H and O–H groups in total. The summed E-state index contributed by atoms with van der Waals surface area (Å²) in [6.45, 7) is 6.88. The van der Waals surface area contributed by atoms with Gasteiger partial charge in [0.2, 0.25) is 0 Å². The molecule has 2 heterocycles. The summed E-state index contributed by atoms with van der Waals surface area (Å²) in [7, 11) is 1.82. The monoisotopic (exact) mass is 321 g/mol. The topological polar surface area (TPSA) is 45.7 Å². The number of nitrogens with zero attached hydrogens (tertiary/aromatic N) is 1. The van der Waals surface area contributed by atoms with Gasteiger partial charge in [-0.3, -0.25) is 4.99 Å². The van der Waals surface area contributed by atoms with Crippen LogP contribution in [-0.2, 0) is 11.2 Å². The van der Waals surface area contributed by atoms with Gasteiger partial charge in [0, 0.05) is 35.8 Å². The summed E-state index contributed by atoms with van der Waals surface area (Å²) in [5.74, 6) is 0.883. The second kappa shape index (κ2) is 8.96. The average Bonchev–Trinajstić information content (AvgIpc) is 2.92. The van der Waals surface area contributed by atoms with E-state index in [0.717, 1.165) is 45.0 Å². The maximum Gasteiger partial charge on any atom is 0.191 e. The third-order valence-electron chi connectivity index (χ3n) is 3.71. The normalized spacial score (nSPS) is 17.0. The first-order valence-corrected chi connectivity index (χ1v) is 8.77. The summed E-state index contributed by atoms with van der Waals surface area (Å²) in [4.78, 5) is 7.10. The minimum Gasteiger partial charge on any atom is -0.377 e. The van der Waals surface area contributed by atoms with E-state index in [0.29, 0.717) is 6.04 Å². The van der Waals surface area contributed by atoms with Gasteiger partial charge in [-0.25, -0.2) is 0 Å². The number of guanidine groups is 1. The molecule has 1 aliphatic heterocycles. The van der Waals surface area contributed by atoms with E-state index in [9.17, 15) is 0 Å². The highest BCUT2D eigenvalue weighted by molar-refractivity contribution is 7.11. The van der Waals surface area contributed by atoms with Crippen molar-refractivity contribution in [3.63, 3.8) is 0 Å². The van der Waals surface area contributed by atoms with Crippen LogP contribution in [0.25, 0.3) is 0 Å². The average molecular weight is 321 g/mol. The Morgan fingerprint density at radius 1 is 1.45 bits per heavy atom. The molecule has 0 saturated heterocycles. The zero-order valence-electron chi connectivity index (χ0n) is 13.8. The summed E-state index contributed by atoms with van der Waals surface area (Å²) >= 11 is 1.87. The number of nitrogens with one attached hydrogen (secondary N) is 2. The van der Waals surface area contributed by atoms with Crippen LogP contribution in [0.2, 0.25) is 0 Å². The second-order valence-electron chi connectivity index (χ2n) is 5.70. The zero-order valence-corrected chi connectivity index (χ0v) is 14.6. The highest BCUT2D eigenvalue weighted by Gasteiger charge is 2.08. The molecule has 4 nitrogen and oxygen atoms in total. The predicted octanol–water partition coefficient (Wildman–Crippen LogP) is 2.89. The van der Waals surface area contributed by atoms with Crippen LogP contribution in [0.15, 0.2) is 28.8 Å². The molecule has 122 valence electrons. The van der Waals surface area contributed by atoms with E-state index in [1.807, 2.05) is 18.4 Å². The van der Waals surface area contributed by atoms with E-state index in [4.69, 9.17) is 4.74 Å². The van der Waals surface area contributed by atoms with Crippen molar-refractivity contribution in [1.82, 2.24) is 10.6 Å². The standard InChI is InChI=1S/C17H27N3OS/c1-13(12-16-5-4-14(2)22-16)20-17(18-3)19-9-6-15-7-10-21-11-8-15/h4-5,7,13H,6,8-12H2,1-3H3,(H2,18,19,20). The van der Waals surface area contributed by atoms with Crippen LogP contribution in [0.4, 0.5) is 0 Å². The number of ether oxygens (including phenoxy) is 1. The van der Waals surface area contributed by atoms with Gasteiger partial charge in [0.05, 0.1) is 13.2 Å². The largest absolute Gasteiger partial charge is 0.377 e. The lowest BCUT2D eigenvalue weighted by atomic mass is 10.1. The molecule has 5 heteroatoms. The molecule has 0 bridgehead atoms. The molecule has 0 aliphatic carbocycles. The molecule has 0 saturated carbocycles. The Hall–Kier alpha value is -1.33. The molecule has 1 aromatic heterocycles. The Morgan fingerprint density at radius 3 is 2.95 bits per heavy atom. The van der Waals surface area contributed by atoms with E-state index in [-0.39, 0.29) is 0 Å². The molecule has 2 rings (SSSR count). The summed E-state index contributed by atoms with van der Waals surface area (Å²) in [5.41, 5.74) is 1.48. The van der Waals surface area contributed by atoms with E-state index < -0.39 is 0 Å². The van der Waals surface area contributed by atoms with E-state index in [1.165, 1.54) is 15.3 Å². The fourth-order valence-corrected chi connectivity index (χ4v) is 3.53. The number of hydrogen-bond acceptors (Lipinski definition) is 3. The molecule has 1 atom stereocenters. The van der Waals surface area contributed by atoms with Crippen LogP contribution in [0.5, 0.6) is 0 Å². The van der Waals surface area contributed by atoms with Gasteiger partial charge >= 0.3 is 0 Å². The predicted molar refractivity (Wildman–Crippen MR) is 94.9 cm³/mol. The Kier molecular flexibility index (Phi) is 6.93. The highest BCUT2D eigenvalue weighted by atomic mass is 32.1. The van der Waals surface area contributed by atoms with E-state index >= 15 is 0 Å². The van der Waals surface area contributed by atoms with Crippen molar-refractivity contribution < 1.29 is 4.74 Å². The van der Waals surface area contributed by atoms with Crippen LogP contribution in [0, 0.1) is 6.92 Å². The summed E-state index contributed by atoms with van der Waals surface area (Å²) in [6, 6.07) is 4.76. The second-order valence-corrected chi connectivity index (χ2v) is 7.07. The SMILES string of the molecule is CN=C(NCCC1=CCOCC1)NC(C)Cc1ccc(C)s1. The molecule has 22 heavy (non-hydrogen) atoms. The van der Waals surface area contributed by atoms with Crippen molar-refractivity contribution in [2.75, 3.05) is 26.8 Å².